The van der Waals surface area contributed by atoms with Gasteiger partial charge in [-0.25, -0.2) is 4.79 Å². The minimum atomic E-state index is -1.05. The summed E-state index contributed by atoms with van der Waals surface area (Å²) in [5, 5.41) is 12.7. The molecular weight excluding hydrogens is 226 g/mol. The molecule has 0 spiro atoms. The molecular formula is C10H13N3O4. The van der Waals surface area contributed by atoms with Crippen LogP contribution in [0.25, 0.3) is 0 Å². The van der Waals surface area contributed by atoms with Gasteiger partial charge in [-0.15, -0.1) is 0 Å². The molecule has 1 aliphatic rings. The summed E-state index contributed by atoms with van der Waals surface area (Å²) >= 11 is 0. The van der Waals surface area contributed by atoms with Gasteiger partial charge in [-0.3, -0.25) is 9.48 Å². The Hall–Kier alpha value is -1.89. The van der Waals surface area contributed by atoms with Crippen molar-refractivity contribution in [3.8, 4) is 0 Å². The maximum absolute atomic E-state index is 12.0. The van der Waals surface area contributed by atoms with E-state index >= 15 is 0 Å². The summed E-state index contributed by atoms with van der Waals surface area (Å²) in [5.41, 5.74) is 0.457. The van der Waals surface area contributed by atoms with Crippen LogP contribution in [0.1, 0.15) is 10.4 Å². The van der Waals surface area contributed by atoms with Crippen LogP contribution in [0.3, 0.4) is 0 Å². The van der Waals surface area contributed by atoms with E-state index in [9.17, 15) is 9.59 Å². The zero-order valence-corrected chi connectivity index (χ0v) is 9.37. The average molecular weight is 239 g/mol. The van der Waals surface area contributed by atoms with Crippen LogP contribution in [0.15, 0.2) is 12.4 Å². The summed E-state index contributed by atoms with van der Waals surface area (Å²) in [6, 6.07) is 0. The molecule has 0 radical (unpaired) electrons. The van der Waals surface area contributed by atoms with Crippen LogP contribution >= 0.6 is 0 Å². The average Bonchev–Trinajstić information content (AvgIpc) is 2.75. The maximum atomic E-state index is 12.0. The van der Waals surface area contributed by atoms with E-state index in [1.807, 2.05) is 0 Å². The number of rotatable bonds is 2. The van der Waals surface area contributed by atoms with Crippen molar-refractivity contribution in [1.82, 2.24) is 14.7 Å². The van der Waals surface area contributed by atoms with E-state index in [1.54, 1.807) is 13.2 Å². The number of hydrogen-bond acceptors (Lipinski definition) is 4. The maximum Gasteiger partial charge on any atom is 0.334 e. The zero-order chi connectivity index (χ0) is 12.4. The standard InChI is InChI=1S/C10H13N3O4/c1-12-5-7(4-11-12)9(14)13-2-3-17-8(6-13)10(15)16/h4-5,8H,2-3,6H2,1H3,(H,15,16). The van der Waals surface area contributed by atoms with Crippen molar-refractivity contribution < 1.29 is 19.4 Å². The van der Waals surface area contributed by atoms with Crippen LogP contribution in [0.5, 0.6) is 0 Å². The van der Waals surface area contributed by atoms with E-state index in [1.165, 1.54) is 15.8 Å². The molecule has 0 bridgehead atoms. The lowest BCUT2D eigenvalue weighted by Crippen LogP contribution is -2.48. The molecule has 1 fully saturated rings. The second-order valence-electron chi connectivity index (χ2n) is 3.85. The van der Waals surface area contributed by atoms with Crippen molar-refractivity contribution in [2.24, 2.45) is 7.05 Å². The molecule has 1 aromatic rings. The van der Waals surface area contributed by atoms with E-state index in [0.29, 0.717) is 12.1 Å². The molecule has 0 aromatic carbocycles. The Kier molecular flexibility index (Phi) is 3.10. The summed E-state index contributed by atoms with van der Waals surface area (Å²) in [5.74, 6) is -1.26. The third-order valence-electron chi connectivity index (χ3n) is 2.58. The van der Waals surface area contributed by atoms with Crippen molar-refractivity contribution in [3.63, 3.8) is 0 Å². The predicted octanol–water partition coefficient (Wildman–Crippen LogP) is -0.654. The summed E-state index contributed by atoms with van der Waals surface area (Å²) in [7, 11) is 1.72. The van der Waals surface area contributed by atoms with E-state index in [2.05, 4.69) is 5.10 Å². The molecule has 1 atom stereocenters. The van der Waals surface area contributed by atoms with Gasteiger partial charge in [0.15, 0.2) is 6.10 Å². The predicted molar refractivity (Wildman–Crippen MR) is 56.5 cm³/mol. The first kappa shape index (κ1) is 11.6. The smallest absolute Gasteiger partial charge is 0.334 e. The highest BCUT2D eigenvalue weighted by Crippen LogP contribution is 2.10. The lowest BCUT2D eigenvalue weighted by Gasteiger charge is -2.30. The topological polar surface area (TPSA) is 84.7 Å². The molecule has 1 aliphatic heterocycles. The molecule has 7 heteroatoms. The van der Waals surface area contributed by atoms with Crippen LogP contribution in [-0.2, 0) is 16.6 Å². The number of carbonyl (C=O) groups is 2. The Morgan fingerprint density at radius 3 is 2.94 bits per heavy atom. The minimum Gasteiger partial charge on any atom is -0.479 e. The first-order valence-electron chi connectivity index (χ1n) is 5.20. The van der Waals surface area contributed by atoms with Crippen LogP contribution < -0.4 is 0 Å². The monoisotopic (exact) mass is 239 g/mol. The van der Waals surface area contributed by atoms with Crippen molar-refractivity contribution in [1.29, 1.82) is 0 Å². The number of carboxylic acid groups (broad SMARTS) is 1. The molecule has 1 aromatic heterocycles. The Morgan fingerprint density at radius 2 is 2.35 bits per heavy atom. The highest BCUT2D eigenvalue weighted by molar-refractivity contribution is 5.94. The van der Waals surface area contributed by atoms with Gasteiger partial charge in [0.1, 0.15) is 0 Å². The molecule has 0 aliphatic carbocycles. The summed E-state index contributed by atoms with van der Waals surface area (Å²) in [4.78, 5) is 24.3. The molecule has 1 amide bonds. The third kappa shape index (κ3) is 2.44. The Labute approximate surface area is 97.6 Å². The highest BCUT2D eigenvalue weighted by Gasteiger charge is 2.29. The fraction of sp³-hybridized carbons (Fsp3) is 0.500. The SMILES string of the molecule is Cn1cc(C(=O)N2CCOC(C(=O)O)C2)cn1. The first-order valence-corrected chi connectivity index (χ1v) is 5.20. The van der Waals surface area contributed by atoms with Gasteiger partial charge in [0.05, 0.1) is 24.9 Å². The Bertz CT molecular complexity index is 443. The number of carbonyl (C=O) groups excluding carboxylic acids is 1. The van der Waals surface area contributed by atoms with E-state index < -0.39 is 12.1 Å². The second kappa shape index (κ2) is 4.54. The first-order chi connectivity index (χ1) is 8.08. The normalized spacial score (nSPS) is 20.3. The summed E-state index contributed by atoms with van der Waals surface area (Å²) in [6.45, 7) is 0.712. The molecule has 7 nitrogen and oxygen atoms in total. The number of aryl methyl sites for hydroxylation is 1. The minimum absolute atomic E-state index is 0.0725. The number of aliphatic carboxylic acids is 1. The summed E-state index contributed by atoms with van der Waals surface area (Å²) < 4.78 is 6.58. The van der Waals surface area contributed by atoms with Crippen molar-refractivity contribution in [2.45, 2.75) is 6.10 Å². The van der Waals surface area contributed by atoms with E-state index in [4.69, 9.17) is 9.84 Å². The number of morpholine rings is 1. The number of nitrogens with zero attached hydrogens (tertiary/aromatic N) is 3. The number of carboxylic acids is 1. The van der Waals surface area contributed by atoms with Gasteiger partial charge in [0, 0.05) is 19.8 Å². The van der Waals surface area contributed by atoms with Gasteiger partial charge in [-0.2, -0.15) is 5.10 Å². The largest absolute Gasteiger partial charge is 0.479 e. The molecule has 0 saturated carbocycles. The van der Waals surface area contributed by atoms with Crippen molar-refractivity contribution >= 4 is 11.9 Å². The van der Waals surface area contributed by atoms with Gasteiger partial charge in [0.2, 0.25) is 0 Å². The van der Waals surface area contributed by atoms with Gasteiger partial charge < -0.3 is 14.7 Å². The number of hydrogen-bond donors (Lipinski definition) is 1. The molecule has 2 rings (SSSR count). The van der Waals surface area contributed by atoms with Crippen LogP contribution in [0.4, 0.5) is 0 Å². The quantitative estimate of drug-likeness (QED) is 0.741. The second-order valence-corrected chi connectivity index (χ2v) is 3.85. The Morgan fingerprint density at radius 1 is 1.59 bits per heavy atom. The van der Waals surface area contributed by atoms with Gasteiger partial charge in [-0.1, -0.05) is 0 Å². The number of aromatic nitrogens is 2. The van der Waals surface area contributed by atoms with Gasteiger partial charge in [-0.05, 0) is 0 Å². The fourth-order valence-electron chi connectivity index (χ4n) is 1.70. The van der Waals surface area contributed by atoms with Gasteiger partial charge in [0.25, 0.3) is 5.91 Å². The van der Waals surface area contributed by atoms with E-state index in [0.717, 1.165) is 0 Å². The molecule has 2 heterocycles. The molecule has 1 unspecified atom stereocenters. The molecule has 1 N–H and O–H groups in total. The van der Waals surface area contributed by atoms with Crippen LogP contribution in [0.2, 0.25) is 0 Å². The Balaban J connectivity index is 2.07. The number of amides is 1. The molecule has 1 saturated heterocycles. The highest BCUT2D eigenvalue weighted by atomic mass is 16.5. The van der Waals surface area contributed by atoms with Crippen LogP contribution in [-0.4, -0.2) is 57.5 Å². The van der Waals surface area contributed by atoms with E-state index in [-0.39, 0.29) is 19.1 Å². The fourth-order valence-corrected chi connectivity index (χ4v) is 1.70. The zero-order valence-electron chi connectivity index (χ0n) is 9.37. The number of ether oxygens (including phenoxy) is 1. The van der Waals surface area contributed by atoms with Crippen molar-refractivity contribution in [3.05, 3.63) is 18.0 Å². The lowest BCUT2D eigenvalue weighted by atomic mass is 10.2. The van der Waals surface area contributed by atoms with Gasteiger partial charge >= 0.3 is 5.97 Å². The third-order valence-corrected chi connectivity index (χ3v) is 2.58. The molecule has 92 valence electrons. The van der Waals surface area contributed by atoms with Crippen molar-refractivity contribution in [2.75, 3.05) is 19.7 Å². The molecule has 17 heavy (non-hydrogen) atoms. The summed E-state index contributed by atoms with van der Waals surface area (Å²) in [6.07, 6.45) is 2.13. The lowest BCUT2D eigenvalue weighted by molar-refractivity contribution is -0.154. The van der Waals surface area contributed by atoms with Crippen LogP contribution in [0, 0.1) is 0 Å².